The average Bonchev–Trinajstić information content (AvgIpc) is 2.52. The molecule has 0 heterocycles. The van der Waals surface area contributed by atoms with E-state index in [0.29, 0.717) is 6.42 Å². The summed E-state index contributed by atoms with van der Waals surface area (Å²) in [6, 6.07) is 0. The molecule has 0 saturated carbocycles. The molecule has 4 nitrogen and oxygen atoms in total. The summed E-state index contributed by atoms with van der Waals surface area (Å²) >= 11 is 0. The number of esters is 2. The molecule has 1 N–H and O–H groups in total. The Hall–Kier alpha value is 0.736. The van der Waals surface area contributed by atoms with Crippen LogP contribution >= 0.6 is 0 Å². The van der Waals surface area contributed by atoms with E-state index >= 15 is 0 Å². The fraction of sp³-hybridized carbons (Fsp3) is 0.895. The van der Waals surface area contributed by atoms with Crippen molar-refractivity contribution in [3.05, 3.63) is 0 Å². The summed E-state index contributed by atoms with van der Waals surface area (Å²) in [6.07, 6.45) is 17.0. The van der Waals surface area contributed by atoms with Crippen LogP contribution in [0.3, 0.4) is 0 Å². The molecule has 0 aliphatic carbocycles. The second-order valence-electron chi connectivity index (χ2n) is 6.37. The molecule has 0 unspecified atom stereocenters. The zero-order valence-electron chi connectivity index (χ0n) is 15.3. The Labute approximate surface area is 191 Å². The van der Waals surface area contributed by atoms with Gasteiger partial charge in [0, 0.05) is 6.42 Å². The number of ether oxygens (including phenoxy) is 1. The Morgan fingerprint density at radius 3 is 1.54 bits per heavy atom. The van der Waals surface area contributed by atoms with Gasteiger partial charge < -0.3 is 10.1 Å². The van der Waals surface area contributed by atoms with E-state index in [2.05, 4.69) is 17.0 Å². The van der Waals surface area contributed by atoms with Crippen molar-refractivity contribution in [2.45, 2.75) is 96.8 Å². The number of nitrogens with one attached hydrogen (secondary N) is 1. The van der Waals surface area contributed by atoms with Crippen molar-refractivity contribution in [1.82, 2.24) is 5.32 Å². The summed E-state index contributed by atoms with van der Waals surface area (Å²) in [7, 11) is 1.65. The van der Waals surface area contributed by atoms with E-state index < -0.39 is 11.9 Å². The Kier molecular flexibility index (Phi) is 24.5. The molecule has 0 spiro atoms. The molecule has 0 aromatic heterocycles. The first-order chi connectivity index (χ1) is 11.2. The number of likely N-dealkylation sites (N-methyl/N-ethyl adjacent to an activating group) is 1. The molecule has 0 amide bonds. The first-order valence-electron chi connectivity index (χ1n) is 9.58. The molecule has 0 saturated heterocycles. The van der Waals surface area contributed by atoms with E-state index in [0.717, 1.165) is 12.8 Å². The summed E-state index contributed by atoms with van der Waals surface area (Å²) in [5.74, 6) is -0.888. The van der Waals surface area contributed by atoms with E-state index in [1.807, 2.05) is 0 Å². The first-order valence-corrected chi connectivity index (χ1v) is 9.58. The molecule has 0 rings (SSSR count). The first kappa shape index (κ1) is 27.0. The fourth-order valence-corrected chi connectivity index (χ4v) is 2.65. The summed E-state index contributed by atoms with van der Waals surface area (Å²) in [4.78, 5) is 22.4. The number of hydrogen-bond acceptors (Lipinski definition) is 4. The van der Waals surface area contributed by atoms with Crippen LogP contribution in [0.1, 0.15) is 96.8 Å². The fourth-order valence-electron chi connectivity index (χ4n) is 2.65. The Bertz CT molecular complexity index is 298. The van der Waals surface area contributed by atoms with Gasteiger partial charge in [-0.1, -0.05) is 84.0 Å². The third-order valence-electron chi connectivity index (χ3n) is 4.03. The van der Waals surface area contributed by atoms with Crippen LogP contribution in [0.25, 0.3) is 0 Å². The van der Waals surface area contributed by atoms with Gasteiger partial charge in [-0.15, -0.1) is 0 Å². The van der Waals surface area contributed by atoms with Gasteiger partial charge in [-0.3, -0.25) is 9.59 Å². The maximum absolute atomic E-state index is 11.4. The van der Waals surface area contributed by atoms with Crippen molar-refractivity contribution in [3.63, 3.8) is 0 Å². The molecule has 0 radical (unpaired) electrons. The van der Waals surface area contributed by atoms with E-state index in [-0.39, 0.29) is 57.9 Å². The zero-order chi connectivity index (χ0) is 17.2. The van der Waals surface area contributed by atoms with Crippen LogP contribution in [0.15, 0.2) is 0 Å². The van der Waals surface area contributed by atoms with Gasteiger partial charge in [0.15, 0.2) is 0 Å². The molecular weight excluding hydrogens is 329 g/mol. The summed E-state index contributed by atoms with van der Waals surface area (Å²) < 4.78 is 4.66. The number of rotatable bonds is 16. The SMILES string of the molecule is CCCCCCCCCCCCCCCC(=O)OC(=O)CNC.[KH]. The Morgan fingerprint density at radius 2 is 1.12 bits per heavy atom. The van der Waals surface area contributed by atoms with Gasteiger partial charge in [0.2, 0.25) is 0 Å². The van der Waals surface area contributed by atoms with Crippen molar-refractivity contribution in [1.29, 1.82) is 0 Å². The summed E-state index contributed by atoms with van der Waals surface area (Å²) in [6.45, 7) is 2.34. The number of hydrogen-bond donors (Lipinski definition) is 1. The van der Waals surface area contributed by atoms with Crippen molar-refractivity contribution in [3.8, 4) is 0 Å². The third kappa shape index (κ3) is 20.8. The quantitative estimate of drug-likeness (QED) is 0.193. The number of unbranched alkanes of at least 4 members (excludes halogenated alkanes) is 12. The van der Waals surface area contributed by atoms with E-state index in [1.165, 1.54) is 70.6 Å². The second kappa shape index (κ2) is 21.8. The van der Waals surface area contributed by atoms with Crippen LogP contribution in [0.5, 0.6) is 0 Å². The van der Waals surface area contributed by atoms with Crippen molar-refractivity contribution >= 4 is 63.3 Å². The molecule has 0 aromatic rings. The number of carbonyl (C=O) groups is 2. The van der Waals surface area contributed by atoms with Gasteiger partial charge in [-0.05, 0) is 13.5 Å². The summed E-state index contributed by atoms with van der Waals surface area (Å²) in [5.41, 5.74) is 0. The molecule has 0 aromatic carbocycles. The van der Waals surface area contributed by atoms with E-state index in [1.54, 1.807) is 7.05 Å². The van der Waals surface area contributed by atoms with Gasteiger partial charge >= 0.3 is 63.3 Å². The molecule has 0 aliphatic heterocycles. The molecule has 0 atom stereocenters. The summed E-state index contributed by atoms with van der Waals surface area (Å²) in [5, 5.41) is 2.66. The van der Waals surface area contributed by atoms with Crippen LogP contribution in [0.2, 0.25) is 0 Å². The monoisotopic (exact) mass is 367 g/mol. The van der Waals surface area contributed by atoms with Crippen molar-refractivity contribution < 1.29 is 14.3 Å². The van der Waals surface area contributed by atoms with Crippen LogP contribution in [0, 0.1) is 0 Å². The molecule has 24 heavy (non-hydrogen) atoms. The number of carbonyl (C=O) groups excluding carboxylic acids is 2. The normalized spacial score (nSPS) is 10.2. The van der Waals surface area contributed by atoms with Gasteiger partial charge in [-0.2, -0.15) is 0 Å². The minimum absolute atomic E-state index is 0. The third-order valence-corrected chi connectivity index (χ3v) is 4.03. The average molecular weight is 368 g/mol. The van der Waals surface area contributed by atoms with Crippen LogP contribution < -0.4 is 5.32 Å². The molecule has 138 valence electrons. The van der Waals surface area contributed by atoms with Gasteiger partial charge in [0.05, 0.1) is 6.54 Å². The topological polar surface area (TPSA) is 55.4 Å². The zero-order valence-corrected chi connectivity index (χ0v) is 15.3. The molecular formula is C19H38KNO3. The van der Waals surface area contributed by atoms with Gasteiger partial charge in [0.1, 0.15) is 0 Å². The maximum atomic E-state index is 11.4. The Morgan fingerprint density at radius 1 is 0.708 bits per heavy atom. The van der Waals surface area contributed by atoms with E-state index in [4.69, 9.17) is 0 Å². The van der Waals surface area contributed by atoms with Gasteiger partial charge in [0.25, 0.3) is 0 Å². The minimum atomic E-state index is -0.493. The predicted octanol–water partition coefficient (Wildman–Crippen LogP) is 4.11. The van der Waals surface area contributed by atoms with Crippen molar-refractivity contribution in [2.24, 2.45) is 0 Å². The second-order valence-corrected chi connectivity index (χ2v) is 6.37. The van der Waals surface area contributed by atoms with Crippen LogP contribution in [-0.4, -0.2) is 76.9 Å². The molecule has 0 aliphatic rings. The molecule has 0 fully saturated rings. The predicted molar refractivity (Wildman–Crippen MR) is 102 cm³/mol. The van der Waals surface area contributed by atoms with Crippen LogP contribution in [-0.2, 0) is 14.3 Å². The van der Waals surface area contributed by atoms with Crippen molar-refractivity contribution in [2.75, 3.05) is 13.6 Å². The van der Waals surface area contributed by atoms with E-state index in [9.17, 15) is 9.59 Å². The molecule has 0 bridgehead atoms. The Balaban J connectivity index is 0. The standard InChI is InChI=1S/C19H37NO3.K.H/c1-3-4-5-6-7-8-9-10-11-12-13-14-15-16-18(21)23-19(22)17-20-2;;/h20H,3-17H2,1-2H3;;. The molecule has 5 heteroatoms. The van der Waals surface area contributed by atoms with Crippen LogP contribution in [0.4, 0.5) is 0 Å². The van der Waals surface area contributed by atoms with Gasteiger partial charge in [-0.25, -0.2) is 0 Å².